The minimum absolute atomic E-state index is 0.0527. The monoisotopic (exact) mass is 769 g/mol. The number of nitrogen functional groups attached to an aromatic ring is 1. The predicted octanol–water partition coefficient (Wildman–Crippen LogP) is -1.25. The lowest BCUT2D eigenvalue weighted by Gasteiger charge is -2.41. The van der Waals surface area contributed by atoms with E-state index in [1.165, 1.54) is 19.2 Å². The van der Waals surface area contributed by atoms with Crippen LogP contribution < -0.4 is 21.8 Å². The first-order valence-electron chi connectivity index (χ1n) is 14.5. The number of phenolic OH excluding ortho intramolecular Hbond substituents is 2. The molecule has 1 aromatic carbocycles. The fourth-order valence-corrected chi connectivity index (χ4v) is 7.40. The number of fused-ring (bicyclic) bond motifs is 1. The normalized spacial score (nSPS) is 21.5. The number of hydrazine groups is 1. The number of thioether (sulfide) groups is 1. The topological polar surface area (TPSA) is 307 Å². The number of aromatic nitrogens is 1. The summed E-state index contributed by atoms with van der Waals surface area (Å²) in [6.45, 7) is 0.871. The molecule has 51 heavy (non-hydrogen) atoms. The second-order valence-corrected chi connectivity index (χ2v) is 14.2. The minimum atomic E-state index is -2.03. The number of benzene rings is 1. The number of hydrogen-bond acceptors (Lipinski definition) is 15. The van der Waals surface area contributed by atoms with Gasteiger partial charge in [-0.15, -0.1) is 11.3 Å². The van der Waals surface area contributed by atoms with Crippen LogP contribution in [0.1, 0.15) is 29.9 Å². The number of carbonyl (C=O) groups excluding carboxylic acids is 5. The van der Waals surface area contributed by atoms with Gasteiger partial charge in [0.25, 0.3) is 17.7 Å². The van der Waals surface area contributed by atoms with Gasteiger partial charge in [-0.1, -0.05) is 28.5 Å². The van der Waals surface area contributed by atoms with Gasteiger partial charge in [-0.25, -0.2) is 24.4 Å². The van der Waals surface area contributed by atoms with Crippen LogP contribution in [0.4, 0.5) is 9.93 Å². The van der Waals surface area contributed by atoms with E-state index in [-0.39, 0.29) is 29.5 Å². The number of urea groups is 1. The summed E-state index contributed by atoms with van der Waals surface area (Å²) in [7, 11) is 0. The summed E-state index contributed by atoms with van der Waals surface area (Å²) in [5.74, 6) is -7.61. The Morgan fingerprint density at radius 3 is 2.51 bits per heavy atom. The van der Waals surface area contributed by atoms with Crippen LogP contribution in [0.3, 0.4) is 0 Å². The number of aliphatic carboxylic acids is 2. The maximum absolute atomic E-state index is 13.4. The summed E-state index contributed by atoms with van der Waals surface area (Å²) in [6.07, 6.45) is 0. The highest BCUT2D eigenvalue weighted by Crippen LogP contribution is 2.49. The first-order valence-corrected chi connectivity index (χ1v) is 16.6. The van der Waals surface area contributed by atoms with Crippen molar-refractivity contribution in [3.63, 3.8) is 0 Å². The fourth-order valence-electron chi connectivity index (χ4n) is 4.97. The number of carboxylic acids is 2. The zero-order chi connectivity index (χ0) is 37.6. The van der Waals surface area contributed by atoms with Gasteiger partial charge in [0.05, 0.1) is 30.2 Å². The third-order valence-corrected chi connectivity index (χ3v) is 10.5. The van der Waals surface area contributed by atoms with Crippen molar-refractivity contribution in [1.29, 1.82) is 0 Å². The van der Waals surface area contributed by atoms with Crippen molar-refractivity contribution in [2.45, 2.75) is 35.7 Å². The molecule has 3 aliphatic rings. The molecule has 0 bridgehead atoms. The number of halogens is 1. The molecule has 0 radical (unpaired) electrons. The molecule has 5 rings (SSSR count). The van der Waals surface area contributed by atoms with Gasteiger partial charge in [0.1, 0.15) is 17.1 Å². The highest BCUT2D eigenvalue weighted by Gasteiger charge is 2.66. The molecule has 272 valence electrons. The average Bonchev–Trinajstić information content (AvgIpc) is 3.77. The Kier molecular flexibility index (Phi) is 9.82. The van der Waals surface area contributed by atoms with Gasteiger partial charge in [-0.2, -0.15) is 0 Å². The van der Waals surface area contributed by atoms with Crippen molar-refractivity contribution in [2.75, 3.05) is 31.9 Å². The fraction of sp³-hybridized carbons (Fsp3) is 0.370. The van der Waals surface area contributed by atoms with Gasteiger partial charge < -0.3 is 46.5 Å². The van der Waals surface area contributed by atoms with Crippen LogP contribution in [0.25, 0.3) is 0 Å². The van der Waals surface area contributed by atoms with Gasteiger partial charge in [0.15, 0.2) is 22.3 Å². The van der Waals surface area contributed by atoms with Gasteiger partial charge in [0.2, 0.25) is 16.4 Å². The van der Waals surface area contributed by atoms with Crippen LogP contribution in [0.5, 0.6) is 11.5 Å². The third kappa shape index (κ3) is 6.81. The molecule has 9 N–H and O–H groups in total. The van der Waals surface area contributed by atoms with Crippen LogP contribution >= 0.6 is 34.7 Å². The molecule has 4 heterocycles. The quantitative estimate of drug-likeness (QED) is 0.0542. The van der Waals surface area contributed by atoms with Crippen molar-refractivity contribution >= 4 is 87.1 Å². The number of anilines is 1. The van der Waals surface area contributed by atoms with Crippen LogP contribution in [0.15, 0.2) is 22.7 Å². The lowest BCUT2D eigenvalue weighted by Crippen LogP contribution is -2.68. The van der Waals surface area contributed by atoms with E-state index in [2.05, 4.69) is 26.2 Å². The number of carboxylic acid groups (broad SMARTS) is 2. The number of carbonyl (C=O) groups is 7. The van der Waals surface area contributed by atoms with Crippen molar-refractivity contribution in [3.8, 4) is 11.5 Å². The number of nitrogens with zero attached hydrogens (tertiary/aromatic N) is 5. The summed E-state index contributed by atoms with van der Waals surface area (Å²) < 4.78 is 0. The number of nitrogens with one attached hydrogen (secondary N) is 3. The van der Waals surface area contributed by atoms with E-state index in [0.717, 1.165) is 38.3 Å². The maximum Gasteiger partial charge on any atom is 0.350 e. The van der Waals surface area contributed by atoms with Gasteiger partial charge >= 0.3 is 18.0 Å². The Balaban J connectivity index is 1.24. The molecule has 3 atom stereocenters. The molecule has 21 nitrogen and oxygen atoms in total. The highest BCUT2D eigenvalue weighted by molar-refractivity contribution is 8.02. The standard InChI is InChI=1S/C27H28ClN9O12S2/c1-26(2,22(44)45)49-34-15(11-8-50-24(29)31-11)19(42)32-16-20(43)35-9-27(23(46)47,51-21(16)35)36-5-6-37(25(36)48)33-13(39)7-30-18(41)10-3-4-12(38)17(40)14(10)28/h3-4,8,16,21,38,40H,5-7,9H2,1-2H3,(H2,29,31)(H,30,41)(H,32,42)(H,33,39)(H,44,45)(H,46,47)/b34-15-/t16-,21-,27-/m1/s1. The second-order valence-electron chi connectivity index (χ2n) is 11.5. The summed E-state index contributed by atoms with van der Waals surface area (Å²) >= 11 is 7.53. The molecule has 3 aliphatic heterocycles. The molecule has 6 amide bonds. The maximum atomic E-state index is 13.4. The Morgan fingerprint density at radius 2 is 1.88 bits per heavy atom. The number of aromatic hydroxyl groups is 2. The van der Waals surface area contributed by atoms with Crippen molar-refractivity contribution in [1.82, 2.24) is 35.9 Å². The van der Waals surface area contributed by atoms with E-state index in [1.54, 1.807) is 0 Å². The lowest BCUT2D eigenvalue weighted by molar-refractivity contribution is -0.161. The van der Waals surface area contributed by atoms with E-state index < -0.39 is 98.8 Å². The van der Waals surface area contributed by atoms with Crippen molar-refractivity contribution < 1.29 is 58.8 Å². The Bertz CT molecular complexity index is 1890. The highest BCUT2D eigenvalue weighted by atomic mass is 35.5. The minimum Gasteiger partial charge on any atom is -0.504 e. The summed E-state index contributed by atoms with van der Waals surface area (Å²) in [5, 5.41) is 48.1. The van der Waals surface area contributed by atoms with Gasteiger partial charge in [-0.3, -0.25) is 29.5 Å². The Labute approximate surface area is 299 Å². The number of amides is 6. The molecule has 24 heteroatoms. The second kappa shape index (κ2) is 13.6. The van der Waals surface area contributed by atoms with E-state index >= 15 is 0 Å². The van der Waals surface area contributed by atoms with Crippen molar-refractivity contribution in [2.24, 2.45) is 5.16 Å². The Hall–Kier alpha value is -5.55. The SMILES string of the molecule is CC(C)(O/N=C(\C(=O)N[C@@H]1C(=O)N2C[C@@](C(=O)O)(N3CCN(NC(=O)CNC(=O)c4ccc(O)c(O)c4Cl)C3=O)S[C@H]12)c1csc(N)n1)C(=O)O. The molecule has 0 aliphatic carbocycles. The van der Waals surface area contributed by atoms with Crippen molar-refractivity contribution in [3.05, 3.63) is 33.8 Å². The summed E-state index contributed by atoms with van der Waals surface area (Å²) in [5.41, 5.74) is 5.27. The van der Waals surface area contributed by atoms with Crippen LogP contribution in [-0.2, 0) is 28.8 Å². The van der Waals surface area contributed by atoms with Crippen LogP contribution in [0.2, 0.25) is 5.02 Å². The summed E-state index contributed by atoms with van der Waals surface area (Å²) in [6, 6.07) is -0.0913. The number of thiazole rings is 1. The molecule has 3 saturated heterocycles. The Morgan fingerprint density at radius 1 is 1.18 bits per heavy atom. The molecule has 0 unspecified atom stereocenters. The zero-order valence-electron chi connectivity index (χ0n) is 26.3. The number of phenols is 2. The smallest absolute Gasteiger partial charge is 0.350 e. The molecule has 1 aromatic heterocycles. The number of hydrogen-bond donors (Lipinski definition) is 8. The molecule has 3 fully saturated rings. The first-order chi connectivity index (χ1) is 23.9. The molecule has 2 aromatic rings. The molecular weight excluding hydrogens is 742 g/mol. The van der Waals surface area contributed by atoms with E-state index in [1.807, 2.05) is 0 Å². The van der Waals surface area contributed by atoms with Gasteiger partial charge in [0, 0.05) is 11.9 Å². The lowest BCUT2D eigenvalue weighted by atomic mass is 10.1. The van der Waals surface area contributed by atoms with Crippen LogP contribution in [-0.4, -0.2) is 136 Å². The molecular formula is C27H28ClN9O12S2. The largest absolute Gasteiger partial charge is 0.504 e. The van der Waals surface area contributed by atoms with E-state index in [0.29, 0.717) is 11.8 Å². The number of nitrogens with two attached hydrogens (primary N) is 1. The third-order valence-electron chi connectivity index (χ3n) is 7.78. The van der Waals surface area contributed by atoms with Gasteiger partial charge in [-0.05, 0) is 26.0 Å². The predicted molar refractivity (Wildman–Crippen MR) is 175 cm³/mol. The molecule has 0 spiro atoms. The number of β-lactam (4-membered cyclic amide) rings is 1. The average molecular weight is 770 g/mol. The summed E-state index contributed by atoms with van der Waals surface area (Å²) in [4.78, 5) is 98.2. The number of rotatable bonds is 12. The first kappa shape index (κ1) is 36.7. The number of oxime groups is 1. The molecule has 0 saturated carbocycles. The van der Waals surface area contributed by atoms with Crippen LogP contribution in [0, 0.1) is 0 Å². The van der Waals surface area contributed by atoms with E-state index in [4.69, 9.17) is 22.2 Å². The van der Waals surface area contributed by atoms with E-state index in [9.17, 15) is 54.0 Å². The zero-order valence-corrected chi connectivity index (χ0v) is 28.7.